The Bertz CT molecular complexity index is 891. The van der Waals surface area contributed by atoms with E-state index < -0.39 is 57.0 Å². The fourth-order valence-electron chi connectivity index (χ4n) is 7.03. The van der Waals surface area contributed by atoms with Crippen molar-refractivity contribution in [2.45, 2.75) is 110 Å². The van der Waals surface area contributed by atoms with Crippen molar-refractivity contribution in [3.05, 3.63) is 0 Å². The van der Waals surface area contributed by atoms with Crippen molar-refractivity contribution in [3.63, 3.8) is 0 Å². The molecule has 5 fully saturated rings. The van der Waals surface area contributed by atoms with Crippen molar-refractivity contribution in [3.8, 4) is 0 Å². The number of hydrogen-bond acceptors (Lipinski definition) is 8. The summed E-state index contributed by atoms with van der Waals surface area (Å²) in [5.41, 5.74) is -5.47. The topological polar surface area (TPSA) is 105 Å². The van der Waals surface area contributed by atoms with Gasteiger partial charge < -0.3 is 18.9 Å². The largest absolute Gasteiger partial charge is 0.455 e. The summed E-state index contributed by atoms with van der Waals surface area (Å²) in [7, 11) is 0. The Balaban J connectivity index is 1.32. The number of carbonyl (C=O) groups is 4. The van der Waals surface area contributed by atoms with Crippen LogP contribution in [0.15, 0.2) is 0 Å². The smallest absolute Gasteiger partial charge is 0.351 e. The van der Waals surface area contributed by atoms with Crippen LogP contribution in [0, 0.1) is 21.7 Å². The second-order valence-corrected chi connectivity index (χ2v) is 12.2. The van der Waals surface area contributed by atoms with Gasteiger partial charge >= 0.3 is 23.9 Å². The molecule has 0 amide bonds. The summed E-state index contributed by atoms with van der Waals surface area (Å²) in [6.45, 7) is 11.2. The van der Waals surface area contributed by atoms with Crippen LogP contribution < -0.4 is 0 Å². The van der Waals surface area contributed by atoms with E-state index in [2.05, 4.69) is 0 Å². The maximum absolute atomic E-state index is 13.4. The minimum absolute atomic E-state index is 0.362. The third-order valence-electron chi connectivity index (χ3n) is 10.7. The molecule has 5 aliphatic rings. The second-order valence-electron chi connectivity index (χ2n) is 12.2. The van der Waals surface area contributed by atoms with Gasteiger partial charge in [0.25, 0.3) is 0 Å². The molecule has 2 saturated heterocycles. The predicted molar refractivity (Wildman–Crippen MR) is 114 cm³/mol. The van der Waals surface area contributed by atoms with E-state index in [0.717, 1.165) is 6.42 Å². The molecule has 0 aromatic rings. The molecule has 3 aliphatic carbocycles. The summed E-state index contributed by atoms with van der Waals surface area (Å²) >= 11 is 0. The van der Waals surface area contributed by atoms with E-state index >= 15 is 0 Å². The fraction of sp³-hybridized carbons (Fsp3) is 0.840. The lowest BCUT2D eigenvalue weighted by molar-refractivity contribution is -0.199. The predicted octanol–water partition coefficient (Wildman–Crippen LogP) is 3.24. The highest BCUT2D eigenvalue weighted by Crippen LogP contribution is 2.67. The summed E-state index contributed by atoms with van der Waals surface area (Å²) in [5, 5.41) is 0. The molecule has 3 saturated carbocycles. The highest BCUT2D eigenvalue weighted by atomic mass is 16.6. The van der Waals surface area contributed by atoms with Crippen LogP contribution in [0.1, 0.15) is 86.5 Å². The minimum atomic E-state index is -1.31. The maximum Gasteiger partial charge on any atom is 0.351 e. The van der Waals surface area contributed by atoms with Crippen LogP contribution in [-0.4, -0.2) is 47.3 Å². The van der Waals surface area contributed by atoms with E-state index in [1.54, 1.807) is 0 Å². The summed E-state index contributed by atoms with van der Waals surface area (Å²) in [6.07, 6.45) is 2.58. The molecule has 5 rings (SSSR count). The molecule has 182 valence electrons. The van der Waals surface area contributed by atoms with Gasteiger partial charge in [0.2, 0.25) is 11.2 Å². The van der Waals surface area contributed by atoms with Crippen LogP contribution in [-0.2, 0) is 38.1 Å². The maximum atomic E-state index is 13.4. The Morgan fingerprint density at radius 2 is 1.06 bits per heavy atom. The van der Waals surface area contributed by atoms with Gasteiger partial charge in [0.05, 0.1) is 10.8 Å². The van der Waals surface area contributed by atoms with E-state index in [1.165, 1.54) is 0 Å². The average molecular weight is 463 g/mol. The van der Waals surface area contributed by atoms with Crippen LogP contribution in [0.25, 0.3) is 0 Å². The second kappa shape index (κ2) is 6.30. The Hall–Kier alpha value is -2.12. The van der Waals surface area contributed by atoms with Gasteiger partial charge in [-0.05, 0) is 58.8 Å². The lowest BCUT2D eigenvalue weighted by Crippen LogP contribution is -2.52. The molecule has 6 atom stereocenters. The summed E-state index contributed by atoms with van der Waals surface area (Å²) in [4.78, 5) is 51.8. The third-order valence-corrected chi connectivity index (χ3v) is 10.7. The summed E-state index contributed by atoms with van der Waals surface area (Å²) in [6, 6.07) is 0. The van der Waals surface area contributed by atoms with Crippen molar-refractivity contribution in [2.24, 2.45) is 21.7 Å². The Labute approximate surface area is 194 Å². The molecule has 0 N–H and O–H groups in total. The fourth-order valence-corrected chi connectivity index (χ4v) is 7.03. The molecule has 4 bridgehead atoms. The molecule has 0 spiro atoms. The number of hydrogen-bond donors (Lipinski definition) is 0. The molecule has 0 aromatic carbocycles. The van der Waals surface area contributed by atoms with E-state index in [-0.39, 0.29) is 11.9 Å². The van der Waals surface area contributed by atoms with E-state index in [9.17, 15) is 19.2 Å². The zero-order chi connectivity index (χ0) is 24.2. The zero-order valence-electron chi connectivity index (χ0n) is 20.4. The molecule has 8 heteroatoms. The van der Waals surface area contributed by atoms with Gasteiger partial charge in [0.15, 0.2) is 0 Å². The van der Waals surface area contributed by atoms with Crippen LogP contribution in [0.4, 0.5) is 0 Å². The van der Waals surface area contributed by atoms with Crippen molar-refractivity contribution in [1.29, 1.82) is 0 Å². The third kappa shape index (κ3) is 2.33. The SMILES string of the molecule is CC12CCC(C(=O)OC3CCCC3OC(=O)C34CCC(C)(C(=O)O3)C4(C)C)(OC1=O)C2(C)C. The summed E-state index contributed by atoms with van der Waals surface area (Å²) in [5.74, 6) is -1.85. The minimum Gasteiger partial charge on any atom is -0.455 e. The van der Waals surface area contributed by atoms with Gasteiger partial charge in [0.1, 0.15) is 12.2 Å². The molecular formula is C25H34O8. The highest BCUT2D eigenvalue weighted by molar-refractivity contribution is 5.94. The summed E-state index contributed by atoms with van der Waals surface area (Å²) < 4.78 is 23.1. The molecular weight excluding hydrogens is 428 g/mol. The Morgan fingerprint density at radius 1 is 0.697 bits per heavy atom. The molecule has 2 heterocycles. The standard InChI is InChI=1S/C25H34O8/c1-20(2)22(5)10-12-24(20,32-16(22)26)18(28)30-14-8-7-9-15(14)31-19(29)25-13-11-23(6,17(27)33-25)21(25,3)4/h14-15H,7-13H2,1-6H3. The molecule has 8 nitrogen and oxygen atoms in total. The molecule has 6 unspecified atom stereocenters. The Kier molecular flexibility index (Phi) is 4.33. The van der Waals surface area contributed by atoms with Gasteiger partial charge in [-0.2, -0.15) is 0 Å². The molecule has 2 aliphatic heterocycles. The molecule has 0 radical (unpaired) electrons. The van der Waals surface area contributed by atoms with Crippen LogP contribution >= 0.6 is 0 Å². The molecule has 33 heavy (non-hydrogen) atoms. The van der Waals surface area contributed by atoms with Crippen molar-refractivity contribution >= 4 is 23.9 Å². The van der Waals surface area contributed by atoms with Crippen LogP contribution in [0.2, 0.25) is 0 Å². The quantitative estimate of drug-likeness (QED) is 0.463. The average Bonchev–Trinajstić information content (AvgIpc) is 3.38. The monoisotopic (exact) mass is 462 g/mol. The molecule has 0 aromatic heterocycles. The van der Waals surface area contributed by atoms with Crippen molar-refractivity contribution in [2.75, 3.05) is 0 Å². The van der Waals surface area contributed by atoms with Crippen molar-refractivity contribution in [1.82, 2.24) is 0 Å². The van der Waals surface area contributed by atoms with Gasteiger partial charge in [-0.3, -0.25) is 9.59 Å². The first kappa shape index (κ1) is 22.7. The van der Waals surface area contributed by atoms with Crippen molar-refractivity contribution < 1.29 is 38.1 Å². The first-order valence-corrected chi connectivity index (χ1v) is 12.1. The van der Waals surface area contributed by atoms with Crippen LogP contribution in [0.5, 0.6) is 0 Å². The van der Waals surface area contributed by atoms with Gasteiger partial charge in [0, 0.05) is 10.8 Å². The first-order chi connectivity index (χ1) is 15.2. The lowest BCUT2D eigenvalue weighted by Gasteiger charge is -2.37. The lowest BCUT2D eigenvalue weighted by atomic mass is 9.66. The number of esters is 4. The van der Waals surface area contributed by atoms with Gasteiger partial charge in [-0.1, -0.05) is 27.7 Å². The number of carbonyl (C=O) groups excluding carboxylic acids is 4. The highest BCUT2D eigenvalue weighted by Gasteiger charge is 2.78. The zero-order valence-corrected chi connectivity index (χ0v) is 20.4. The van der Waals surface area contributed by atoms with Crippen LogP contribution in [0.3, 0.4) is 0 Å². The normalized spacial score (nSPS) is 46.2. The first-order valence-electron chi connectivity index (χ1n) is 12.1. The number of rotatable bonds is 4. The number of fused-ring (bicyclic) bond motifs is 4. The van der Waals surface area contributed by atoms with Gasteiger partial charge in [-0.25, -0.2) is 9.59 Å². The van der Waals surface area contributed by atoms with Gasteiger partial charge in [-0.15, -0.1) is 0 Å². The van der Waals surface area contributed by atoms with E-state index in [1.807, 2.05) is 41.5 Å². The number of ether oxygens (including phenoxy) is 4. The van der Waals surface area contributed by atoms with E-state index in [0.29, 0.717) is 38.5 Å². The van der Waals surface area contributed by atoms with E-state index in [4.69, 9.17) is 18.9 Å². The Morgan fingerprint density at radius 3 is 1.33 bits per heavy atom.